The average molecular weight is 413 g/mol. The molecule has 2 aromatic rings. The van der Waals surface area contributed by atoms with E-state index in [9.17, 15) is 9.18 Å². The fourth-order valence-electron chi connectivity index (χ4n) is 3.45. The van der Waals surface area contributed by atoms with E-state index < -0.39 is 5.82 Å². The number of benzene rings is 2. The van der Waals surface area contributed by atoms with Crippen molar-refractivity contribution in [3.05, 3.63) is 65.5 Å². The maximum atomic E-state index is 13.9. The lowest BCUT2D eigenvalue weighted by Crippen LogP contribution is -2.35. The third kappa shape index (κ3) is 5.83. The second-order valence-corrected chi connectivity index (χ2v) is 7.64. The molecule has 1 atom stereocenters. The molecule has 5 nitrogen and oxygen atoms in total. The number of hydrogen-bond acceptors (Lipinski definition) is 4. The van der Waals surface area contributed by atoms with Gasteiger partial charge in [0, 0.05) is 45.6 Å². The summed E-state index contributed by atoms with van der Waals surface area (Å²) in [5, 5.41) is 0. The van der Waals surface area contributed by atoms with E-state index in [0.29, 0.717) is 18.7 Å². The summed E-state index contributed by atoms with van der Waals surface area (Å²) in [6, 6.07) is 12.8. The number of halogens is 1. The molecule has 0 unspecified atom stereocenters. The Morgan fingerprint density at radius 3 is 2.60 bits per heavy atom. The molecule has 0 aromatic heterocycles. The number of carbonyl (C=O) groups excluding carboxylic acids is 1. The zero-order valence-corrected chi connectivity index (χ0v) is 17.8. The zero-order chi connectivity index (χ0) is 21.5. The summed E-state index contributed by atoms with van der Waals surface area (Å²) in [6.45, 7) is 1.77. The van der Waals surface area contributed by atoms with Crippen molar-refractivity contribution in [1.29, 1.82) is 0 Å². The van der Waals surface area contributed by atoms with Crippen LogP contribution in [0.3, 0.4) is 0 Å². The standard InChI is InChI=1S/C24H29FN2O3/c1-26(2)20-10-6-19(7-11-20)16-27(17-21-5-4-14-30-21)24(28)13-9-18-8-12-23(29-3)22(25)15-18/h6-13,15,21H,4-5,14,16-17H2,1-3H3/b13-9-/t21-/m1/s1. The molecule has 0 aliphatic carbocycles. The number of rotatable bonds is 8. The second-order valence-electron chi connectivity index (χ2n) is 7.64. The third-order valence-corrected chi connectivity index (χ3v) is 5.18. The SMILES string of the molecule is COc1ccc(/C=C\C(=O)N(Cc2ccc(N(C)C)cc2)C[C@H]2CCCO2)cc1F. The number of nitrogens with zero attached hydrogens (tertiary/aromatic N) is 2. The third-order valence-electron chi connectivity index (χ3n) is 5.18. The fourth-order valence-corrected chi connectivity index (χ4v) is 3.45. The highest BCUT2D eigenvalue weighted by Crippen LogP contribution is 2.20. The molecular weight excluding hydrogens is 383 g/mol. The molecule has 6 heteroatoms. The Bertz CT molecular complexity index is 875. The van der Waals surface area contributed by atoms with E-state index >= 15 is 0 Å². The summed E-state index contributed by atoms with van der Waals surface area (Å²) in [4.78, 5) is 16.8. The van der Waals surface area contributed by atoms with Gasteiger partial charge in [-0.25, -0.2) is 4.39 Å². The Morgan fingerprint density at radius 1 is 1.23 bits per heavy atom. The van der Waals surface area contributed by atoms with Gasteiger partial charge < -0.3 is 19.3 Å². The average Bonchev–Trinajstić information content (AvgIpc) is 3.25. The van der Waals surface area contributed by atoms with E-state index in [1.165, 1.54) is 19.3 Å². The summed E-state index contributed by atoms with van der Waals surface area (Å²) in [6.07, 6.45) is 5.15. The van der Waals surface area contributed by atoms with Crippen molar-refractivity contribution in [2.75, 3.05) is 39.3 Å². The predicted octanol–water partition coefficient (Wildman–Crippen LogP) is 4.12. The zero-order valence-electron chi connectivity index (χ0n) is 17.8. The van der Waals surface area contributed by atoms with Crippen molar-refractivity contribution in [2.45, 2.75) is 25.5 Å². The maximum Gasteiger partial charge on any atom is 0.246 e. The monoisotopic (exact) mass is 412 g/mol. The lowest BCUT2D eigenvalue weighted by molar-refractivity contribution is -0.128. The van der Waals surface area contributed by atoms with Gasteiger partial charge in [-0.15, -0.1) is 0 Å². The van der Waals surface area contributed by atoms with Crippen LogP contribution in [0.4, 0.5) is 10.1 Å². The Balaban J connectivity index is 1.73. The molecule has 2 aromatic carbocycles. The molecule has 1 fully saturated rings. The van der Waals surface area contributed by atoms with E-state index in [0.717, 1.165) is 30.7 Å². The first-order valence-electron chi connectivity index (χ1n) is 10.1. The van der Waals surface area contributed by atoms with E-state index in [-0.39, 0.29) is 17.8 Å². The molecule has 30 heavy (non-hydrogen) atoms. The van der Waals surface area contributed by atoms with E-state index in [1.54, 1.807) is 23.1 Å². The number of amides is 1. The second kappa shape index (κ2) is 10.3. The van der Waals surface area contributed by atoms with Gasteiger partial charge in [0.1, 0.15) is 0 Å². The number of ether oxygens (including phenoxy) is 2. The normalized spacial score (nSPS) is 16.1. The first-order chi connectivity index (χ1) is 14.5. The van der Waals surface area contributed by atoms with Crippen molar-refractivity contribution in [2.24, 2.45) is 0 Å². The van der Waals surface area contributed by atoms with E-state index in [1.807, 2.05) is 43.3 Å². The summed E-state index contributed by atoms with van der Waals surface area (Å²) in [5.41, 5.74) is 2.77. The van der Waals surface area contributed by atoms with Gasteiger partial charge in [0.25, 0.3) is 0 Å². The smallest absolute Gasteiger partial charge is 0.246 e. The molecule has 160 valence electrons. The topological polar surface area (TPSA) is 42.0 Å². The van der Waals surface area contributed by atoms with E-state index in [2.05, 4.69) is 0 Å². The van der Waals surface area contributed by atoms with Crippen LogP contribution in [-0.4, -0.2) is 51.3 Å². The van der Waals surface area contributed by atoms with Crippen LogP contribution in [0, 0.1) is 5.82 Å². The lowest BCUT2D eigenvalue weighted by Gasteiger charge is -2.25. The molecule has 0 spiro atoms. The first-order valence-corrected chi connectivity index (χ1v) is 10.1. The molecule has 1 amide bonds. The first kappa shape index (κ1) is 21.8. The van der Waals surface area contributed by atoms with Crippen molar-refractivity contribution in [3.63, 3.8) is 0 Å². The van der Waals surface area contributed by atoms with Crippen LogP contribution in [0.25, 0.3) is 6.08 Å². The van der Waals surface area contributed by atoms with Crippen molar-refractivity contribution in [3.8, 4) is 5.75 Å². The Kier molecular flexibility index (Phi) is 7.46. The Hall–Kier alpha value is -2.86. The minimum absolute atomic E-state index is 0.0572. The van der Waals surface area contributed by atoms with Crippen LogP contribution in [0.15, 0.2) is 48.5 Å². The van der Waals surface area contributed by atoms with Gasteiger partial charge in [0.2, 0.25) is 5.91 Å². The van der Waals surface area contributed by atoms with Gasteiger partial charge in [-0.3, -0.25) is 4.79 Å². The minimum atomic E-state index is -0.454. The maximum absolute atomic E-state index is 13.9. The van der Waals surface area contributed by atoms with Crippen molar-refractivity contribution < 1.29 is 18.7 Å². The minimum Gasteiger partial charge on any atom is -0.494 e. The molecular formula is C24H29FN2O3. The highest BCUT2D eigenvalue weighted by Gasteiger charge is 2.21. The van der Waals surface area contributed by atoms with Crippen LogP contribution in [0.2, 0.25) is 0 Å². The van der Waals surface area contributed by atoms with Crippen LogP contribution in [0.1, 0.15) is 24.0 Å². The summed E-state index contributed by atoms with van der Waals surface area (Å²) in [7, 11) is 5.41. The van der Waals surface area contributed by atoms with Gasteiger partial charge in [-0.05, 0) is 54.3 Å². The van der Waals surface area contributed by atoms with Gasteiger partial charge >= 0.3 is 0 Å². The highest BCUT2D eigenvalue weighted by molar-refractivity contribution is 5.91. The van der Waals surface area contributed by atoms with Crippen molar-refractivity contribution in [1.82, 2.24) is 4.90 Å². The number of anilines is 1. The van der Waals surface area contributed by atoms with E-state index in [4.69, 9.17) is 9.47 Å². The highest BCUT2D eigenvalue weighted by atomic mass is 19.1. The molecule has 1 saturated heterocycles. The number of carbonyl (C=O) groups is 1. The molecule has 3 rings (SSSR count). The molecule has 1 aliphatic rings. The van der Waals surface area contributed by atoms with Crippen LogP contribution >= 0.6 is 0 Å². The van der Waals surface area contributed by atoms with Crippen LogP contribution < -0.4 is 9.64 Å². The fraction of sp³-hybridized carbons (Fsp3) is 0.375. The Morgan fingerprint density at radius 2 is 2.00 bits per heavy atom. The molecule has 1 heterocycles. The molecule has 0 saturated carbocycles. The van der Waals surface area contributed by atoms with Gasteiger partial charge in [0.15, 0.2) is 11.6 Å². The quantitative estimate of drug-likeness (QED) is 0.612. The molecule has 0 N–H and O–H groups in total. The molecule has 0 radical (unpaired) electrons. The van der Waals surface area contributed by atoms with Crippen LogP contribution in [0.5, 0.6) is 5.75 Å². The van der Waals surface area contributed by atoms with Crippen molar-refractivity contribution >= 4 is 17.7 Å². The molecule has 1 aliphatic heterocycles. The predicted molar refractivity (Wildman–Crippen MR) is 117 cm³/mol. The molecule has 0 bridgehead atoms. The summed E-state index contributed by atoms with van der Waals surface area (Å²) >= 11 is 0. The van der Waals surface area contributed by atoms with Gasteiger partial charge in [-0.2, -0.15) is 0 Å². The van der Waals surface area contributed by atoms with Gasteiger partial charge in [0.05, 0.1) is 13.2 Å². The van der Waals surface area contributed by atoms with Crippen LogP contribution in [-0.2, 0) is 16.1 Å². The number of hydrogen-bond donors (Lipinski definition) is 0. The number of methoxy groups -OCH3 is 1. The largest absolute Gasteiger partial charge is 0.494 e. The lowest BCUT2D eigenvalue weighted by atomic mass is 10.1. The Labute approximate surface area is 177 Å². The van der Waals surface area contributed by atoms with Gasteiger partial charge in [-0.1, -0.05) is 18.2 Å². The summed E-state index contributed by atoms with van der Waals surface area (Å²) in [5.74, 6) is -0.401. The summed E-state index contributed by atoms with van der Waals surface area (Å²) < 4.78 is 24.6.